The molecule has 0 aliphatic carbocycles. The Morgan fingerprint density at radius 1 is 1.04 bits per heavy atom. The zero-order valence-corrected chi connectivity index (χ0v) is 15.0. The molecule has 1 N–H and O–H groups in total. The van der Waals surface area contributed by atoms with Crippen LogP contribution in [-0.4, -0.2) is 18.9 Å². The van der Waals surface area contributed by atoms with Crippen LogP contribution in [-0.2, 0) is 0 Å². The Kier molecular flexibility index (Phi) is 5.03. The molecule has 0 spiro atoms. The number of carbonyl (C=O) groups is 1. The topological polar surface area (TPSA) is 37.3 Å². The van der Waals surface area contributed by atoms with Crippen molar-refractivity contribution in [1.29, 1.82) is 0 Å². The number of carboxylic acid groups (broad SMARTS) is 1. The quantitative estimate of drug-likeness (QED) is 0.858. The lowest BCUT2D eigenvalue weighted by molar-refractivity contribution is 0.0697. The fourth-order valence-electron chi connectivity index (χ4n) is 2.62. The monoisotopic (exact) mass is 318 g/mol. The van der Waals surface area contributed by atoms with Gasteiger partial charge in [0.1, 0.15) is 7.85 Å². The minimum Gasteiger partial charge on any atom is -0.478 e. The lowest BCUT2D eigenvalue weighted by atomic mass is 9.80. The third kappa shape index (κ3) is 4.17. The summed E-state index contributed by atoms with van der Waals surface area (Å²) in [5, 5.41) is 9.37. The van der Waals surface area contributed by atoms with E-state index in [4.69, 9.17) is 7.85 Å². The molecule has 0 aliphatic rings. The molecule has 2 nitrogen and oxygen atoms in total. The fraction of sp³-hybridized carbons (Fsp3) is 0.286. The molecule has 0 bridgehead atoms. The molecular weight excluding hydrogens is 295 g/mol. The van der Waals surface area contributed by atoms with Crippen molar-refractivity contribution in [1.82, 2.24) is 0 Å². The van der Waals surface area contributed by atoms with Gasteiger partial charge >= 0.3 is 5.97 Å². The molecule has 24 heavy (non-hydrogen) atoms. The van der Waals surface area contributed by atoms with Crippen LogP contribution in [0.5, 0.6) is 0 Å². The van der Waals surface area contributed by atoms with E-state index in [1.165, 1.54) is 11.6 Å². The van der Waals surface area contributed by atoms with Gasteiger partial charge in [-0.3, -0.25) is 0 Å². The van der Waals surface area contributed by atoms with Crippen molar-refractivity contribution in [2.45, 2.75) is 34.6 Å². The first-order valence-electron chi connectivity index (χ1n) is 8.02. The molecule has 0 unspecified atom stereocenters. The van der Waals surface area contributed by atoms with Crippen molar-refractivity contribution in [3.05, 3.63) is 70.3 Å². The third-order valence-electron chi connectivity index (χ3n) is 3.92. The van der Waals surface area contributed by atoms with E-state index in [9.17, 15) is 9.90 Å². The van der Waals surface area contributed by atoms with E-state index in [2.05, 4.69) is 51.1 Å². The first-order chi connectivity index (χ1) is 11.1. The van der Waals surface area contributed by atoms with Gasteiger partial charge in [0, 0.05) is 0 Å². The second kappa shape index (κ2) is 6.68. The minimum absolute atomic E-state index is 0.0549. The average molecular weight is 318 g/mol. The van der Waals surface area contributed by atoms with Gasteiger partial charge in [-0.05, 0) is 42.0 Å². The lowest BCUT2D eigenvalue weighted by Crippen LogP contribution is -2.15. The normalized spacial score (nSPS) is 12.3. The van der Waals surface area contributed by atoms with Gasteiger partial charge in [-0.25, -0.2) is 4.79 Å². The lowest BCUT2D eigenvalue weighted by Gasteiger charge is -2.20. The second-order valence-electron chi connectivity index (χ2n) is 7.33. The number of benzene rings is 2. The van der Waals surface area contributed by atoms with Gasteiger partial charge in [-0.2, -0.15) is 0 Å². The minimum atomic E-state index is -0.970. The summed E-state index contributed by atoms with van der Waals surface area (Å²) < 4.78 is 0. The largest absolute Gasteiger partial charge is 0.478 e. The van der Waals surface area contributed by atoms with Crippen LogP contribution in [0.15, 0.2) is 42.5 Å². The Labute approximate surface area is 145 Å². The van der Waals surface area contributed by atoms with E-state index in [1.807, 2.05) is 13.8 Å². The number of aryl methyl sites for hydroxylation is 1. The van der Waals surface area contributed by atoms with Gasteiger partial charge in [-0.1, -0.05) is 73.8 Å². The third-order valence-corrected chi connectivity index (χ3v) is 3.92. The van der Waals surface area contributed by atoms with E-state index in [1.54, 1.807) is 6.07 Å². The zero-order valence-electron chi connectivity index (χ0n) is 15.0. The summed E-state index contributed by atoms with van der Waals surface area (Å²) in [5.41, 5.74) is 5.67. The first-order valence-corrected chi connectivity index (χ1v) is 8.02. The van der Waals surface area contributed by atoms with E-state index in [0.717, 1.165) is 22.3 Å². The first kappa shape index (κ1) is 18.1. The number of rotatable bonds is 3. The second-order valence-corrected chi connectivity index (χ2v) is 7.33. The Hall–Kier alpha value is -2.29. The van der Waals surface area contributed by atoms with Crippen LogP contribution in [0.25, 0.3) is 5.57 Å². The number of hydrogen-bond acceptors (Lipinski definition) is 1. The van der Waals surface area contributed by atoms with E-state index >= 15 is 0 Å². The highest BCUT2D eigenvalue weighted by Gasteiger charge is 2.17. The Morgan fingerprint density at radius 3 is 2.12 bits per heavy atom. The van der Waals surface area contributed by atoms with Gasteiger partial charge in [0.05, 0.1) is 5.56 Å². The molecule has 2 radical (unpaired) electrons. The fourth-order valence-corrected chi connectivity index (χ4v) is 2.62. The van der Waals surface area contributed by atoms with Crippen LogP contribution in [0.4, 0.5) is 0 Å². The van der Waals surface area contributed by atoms with Gasteiger partial charge in [0.2, 0.25) is 0 Å². The molecule has 0 aromatic heterocycles. The zero-order chi connectivity index (χ0) is 18.1. The summed E-state index contributed by atoms with van der Waals surface area (Å²) in [6.45, 7) is 10.4. The van der Waals surface area contributed by atoms with Crippen LogP contribution in [0, 0.1) is 19.3 Å². The van der Waals surface area contributed by atoms with Gasteiger partial charge < -0.3 is 5.11 Å². The predicted octanol–water partition coefficient (Wildman–Crippen LogP) is 4.27. The SMILES string of the molecule is [B]c1cc(C(=O)O)cc(/C(=C\C(C)(C)C)c2ccc(C)cc2)c1C. The molecule has 3 heteroatoms. The molecule has 2 rings (SSSR count). The summed E-state index contributed by atoms with van der Waals surface area (Å²) in [5.74, 6) is -0.970. The summed E-state index contributed by atoms with van der Waals surface area (Å²) >= 11 is 0. The molecule has 0 fully saturated rings. The molecule has 0 saturated heterocycles. The van der Waals surface area contributed by atoms with Gasteiger partial charge in [0.15, 0.2) is 0 Å². The van der Waals surface area contributed by atoms with E-state index in [-0.39, 0.29) is 11.0 Å². The van der Waals surface area contributed by atoms with Crippen LogP contribution < -0.4 is 5.46 Å². The molecular formula is C21H23BO2. The molecule has 2 aromatic carbocycles. The van der Waals surface area contributed by atoms with Gasteiger partial charge in [-0.15, -0.1) is 0 Å². The van der Waals surface area contributed by atoms with Crippen molar-refractivity contribution in [2.75, 3.05) is 0 Å². The van der Waals surface area contributed by atoms with Crippen LogP contribution in [0.1, 0.15) is 53.4 Å². The molecule has 0 heterocycles. The highest BCUT2D eigenvalue weighted by atomic mass is 16.4. The maximum absolute atomic E-state index is 11.4. The summed E-state index contributed by atoms with van der Waals surface area (Å²) in [4.78, 5) is 11.4. The van der Waals surface area contributed by atoms with Crippen LogP contribution in [0.2, 0.25) is 0 Å². The Morgan fingerprint density at radius 2 is 1.62 bits per heavy atom. The Balaban J connectivity index is 2.75. The van der Waals surface area contributed by atoms with Crippen molar-refractivity contribution in [3.63, 3.8) is 0 Å². The summed E-state index contributed by atoms with van der Waals surface area (Å²) in [7, 11) is 6.07. The van der Waals surface area contributed by atoms with Gasteiger partial charge in [0.25, 0.3) is 0 Å². The van der Waals surface area contributed by atoms with Crippen molar-refractivity contribution < 1.29 is 9.90 Å². The molecule has 2 aromatic rings. The summed E-state index contributed by atoms with van der Waals surface area (Å²) in [6, 6.07) is 11.5. The van der Waals surface area contributed by atoms with E-state index in [0.29, 0.717) is 5.46 Å². The van der Waals surface area contributed by atoms with Crippen molar-refractivity contribution in [3.8, 4) is 0 Å². The molecule has 0 atom stereocenters. The standard InChI is InChI=1S/C21H23BO2/c1-13-6-8-15(9-7-13)18(12-21(3,4)5)17-10-16(20(23)24)11-19(22)14(17)2/h6-12H,1-5H3,(H,23,24)/b18-12-. The van der Waals surface area contributed by atoms with Crippen LogP contribution in [0.3, 0.4) is 0 Å². The number of carboxylic acids is 1. The highest BCUT2D eigenvalue weighted by molar-refractivity contribution is 6.34. The maximum Gasteiger partial charge on any atom is 0.335 e. The predicted molar refractivity (Wildman–Crippen MR) is 101 cm³/mol. The number of hydrogen-bond donors (Lipinski definition) is 1. The van der Waals surface area contributed by atoms with Crippen molar-refractivity contribution >= 4 is 24.9 Å². The number of allylic oxidation sites excluding steroid dienone is 1. The average Bonchev–Trinajstić information content (AvgIpc) is 2.47. The molecule has 0 saturated carbocycles. The summed E-state index contributed by atoms with van der Waals surface area (Å²) in [6.07, 6.45) is 2.17. The Bertz CT molecular complexity index is 794. The molecule has 0 amide bonds. The van der Waals surface area contributed by atoms with E-state index < -0.39 is 5.97 Å². The van der Waals surface area contributed by atoms with Crippen LogP contribution >= 0.6 is 0 Å². The highest BCUT2D eigenvalue weighted by Crippen LogP contribution is 2.31. The van der Waals surface area contributed by atoms with Crippen molar-refractivity contribution in [2.24, 2.45) is 5.41 Å². The number of aromatic carboxylic acids is 1. The smallest absolute Gasteiger partial charge is 0.335 e. The molecule has 122 valence electrons. The molecule has 0 aliphatic heterocycles. The maximum atomic E-state index is 11.4.